The highest BCUT2D eigenvalue weighted by Crippen LogP contribution is 2.22. The second-order valence-corrected chi connectivity index (χ2v) is 6.12. The zero-order valence-corrected chi connectivity index (χ0v) is 13.7. The van der Waals surface area contributed by atoms with Crippen molar-refractivity contribution in [3.63, 3.8) is 0 Å². The van der Waals surface area contributed by atoms with Crippen LogP contribution in [-0.2, 0) is 11.3 Å². The lowest BCUT2D eigenvalue weighted by Gasteiger charge is -2.07. The molecule has 5 nitrogen and oxygen atoms in total. The molecular formula is C14H20N4OS2. The molecule has 2 N–H and O–H groups in total. The number of amides is 1. The summed E-state index contributed by atoms with van der Waals surface area (Å²) in [6, 6.07) is 3.97. The minimum atomic E-state index is 0.0614. The van der Waals surface area contributed by atoms with E-state index in [1.54, 1.807) is 11.3 Å². The number of rotatable bonds is 8. The Morgan fingerprint density at radius 3 is 3.10 bits per heavy atom. The molecule has 114 valence electrons. The maximum atomic E-state index is 11.8. The fourth-order valence-electron chi connectivity index (χ4n) is 2.02. The molecule has 2 aromatic rings. The fourth-order valence-corrected chi connectivity index (χ4v) is 2.97. The van der Waals surface area contributed by atoms with E-state index in [0.717, 1.165) is 36.5 Å². The van der Waals surface area contributed by atoms with Crippen LogP contribution in [0, 0.1) is 4.77 Å². The molecule has 1 amide bonds. The van der Waals surface area contributed by atoms with E-state index in [4.69, 9.17) is 12.2 Å². The topological polar surface area (TPSA) is 62.7 Å². The van der Waals surface area contributed by atoms with Gasteiger partial charge >= 0.3 is 0 Å². The largest absolute Gasteiger partial charge is 0.356 e. The van der Waals surface area contributed by atoms with Crippen LogP contribution in [0.3, 0.4) is 0 Å². The van der Waals surface area contributed by atoms with E-state index >= 15 is 0 Å². The van der Waals surface area contributed by atoms with Gasteiger partial charge in [-0.3, -0.25) is 14.5 Å². The zero-order valence-electron chi connectivity index (χ0n) is 12.1. The van der Waals surface area contributed by atoms with Gasteiger partial charge in [-0.05, 0) is 30.1 Å². The molecule has 0 saturated carbocycles. The first-order chi connectivity index (χ1) is 10.2. The third-order valence-corrected chi connectivity index (χ3v) is 4.34. The number of unbranched alkanes of at least 4 members (excludes halogenated alkanes) is 2. The first kappa shape index (κ1) is 15.9. The number of hydrogen-bond donors (Lipinski definition) is 2. The number of nitrogens with zero attached hydrogens (tertiary/aromatic N) is 2. The van der Waals surface area contributed by atoms with Gasteiger partial charge in [0.05, 0.1) is 4.88 Å². The molecule has 0 fully saturated rings. The number of nitrogens with one attached hydrogen (secondary N) is 2. The Morgan fingerprint density at radius 1 is 1.52 bits per heavy atom. The number of hydrogen-bond acceptors (Lipinski definition) is 4. The summed E-state index contributed by atoms with van der Waals surface area (Å²) >= 11 is 6.85. The minimum absolute atomic E-state index is 0.0614. The number of aromatic nitrogens is 3. The number of carbonyl (C=O) groups is 1. The van der Waals surface area contributed by atoms with Crippen molar-refractivity contribution in [2.24, 2.45) is 0 Å². The van der Waals surface area contributed by atoms with Crippen LogP contribution >= 0.6 is 23.6 Å². The standard InChI is InChI=1S/C14H20N4OS2/c1-2-3-4-8-15-12(19)7-9-18-13(16-17-14(18)20)11-6-5-10-21-11/h5-6,10H,2-4,7-9H2,1H3,(H,15,19)(H,17,20). The Kier molecular flexibility index (Phi) is 6.13. The van der Waals surface area contributed by atoms with E-state index in [-0.39, 0.29) is 5.91 Å². The molecule has 0 aliphatic carbocycles. The second kappa shape index (κ2) is 8.09. The van der Waals surface area contributed by atoms with Crippen molar-refractivity contribution in [3.8, 4) is 10.7 Å². The number of aromatic amines is 1. The van der Waals surface area contributed by atoms with Crippen LogP contribution in [0.2, 0.25) is 0 Å². The van der Waals surface area contributed by atoms with Gasteiger partial charge in [-0.1, -0.05) is 25.8 Å². The van der Waals surface area contributed by atoms with Gasteiger partial charge in [0.15, 0.2) is 10.6 Å². The minimum Gasteiger partial charge on any atom is -0.356 e. The summed E-state index contributed by atoms with van der Waals surface area (Å²) in [6.45, 7) is 3.44. The van der Waals surface area contributed by atoms with Crippen molar-refractivity contribution in [1.82, 2.24) is 20.1 Å². The maximum absolute atomic E-state index is 11.8. The molecule has 0 radical (unpaired) electrons. The van der Waals surface area contributed by atoms with Crippen LogP contribution in [0.5, 0.6) is 0 Å². The average molecular weight is 324 g/mol. The lowest BCUT2D eigenvalue weighted by molar-refractivity contribution is -0.121. The summed E-state index contributed by atoms with van der Waals surface area (Å²) in [7, 11) is 0. The summed E-state index contributed by atoms with van der Waals surface area (Å²) in [5, 5.41) is 12.0. The molecule has 2 aromatic heterocycles. The summed E-state index contributed by atoms with van der Waals surface area (Å²) in [5.74, 6) is 0.861. The van der Waals surface area contributed by atoms with E-state index in [1.807, 2.05) is 22.1 Å². The molecule has 0 atom stereocenters. The molecule has 0 saturated heterocycles. The SMILES string of the molecule is CCCCCNC(=O)CCn1c(-c2cccs2)n[nH]c1=S. The van der Waals surface area contributed by atoms with Gasteiger partial charge in [-0.15, -0.1) is 11.3 Å². The lowest BCUT2D eigenvalue weighted by atomic mass is 10.2. The Morgan fingerprint density at radius 2 is 2.38 bits per heavy atom. The highest BCUT2D eigenvalue weighted by atomic mass is 32.1. The molecule has 2 rings (SSSR count). The van der Waals surface area contributed by atoms with E-state index < -0.39 is 0 Å². The second-order valence-electron chi connectivity index (χ2n) is 4.79. The van der Waals surface area contributed by atoms with Crippen molar-refractivity contribution in [2.75, 3.05) is 6.54 Å². The number of thiophene rings is 1. The molecule has 21 heavy (non-hydrogen) atoms. The molecule has 0 aromatic carbocycles. The summed E-state index contributed by atoms with van der Waals surface area (Å²) in [5.41, 5.74) is 0. The molecule has 7 heteroatoms. The molecule has 0 aliphatic rings. The van der Waals surface area contributed by atoms with Crippen molar-refractivity contribution < 1.29 is 4.79 Å². The fraction of sp³-hybridized carbons (Fsp3) is 0.500. The van der Waals surface area contributed by atoms with Crippen molar-refractivity contribution >= 4 is 29.5 Å². The highest BCUT2D eigenvalue weighted by molar-refractivity contribution is 7.71. The molecular weight excluding hydrogens is 304 g/mol. The maximum Gasteiger partial charge on any atom is 0.221 e. The van der Waals surface area contributed by atoms with Gasteiger partial charge in [0.2, 0.25) is 5.91 Å². The first-order valence-corrected chi connectivity index (χ1v) is 8.47. The van der Waals surface area contributed by atoms with Crippen molar-refractivity contribution in [2.45, 2.75) is 39.2 Å². The Labute approximate surface area is 133 Å². The van der Waals surface area contributed by atoms with E-state index in [9.17, 15) is 4.79 Å². The van der Waals surface area contributed by atoms with Crippen LogP contribution < -0.4 is 5.32 Å². The Balaban J connectivity index is 1.90. The normalized spacial score (nSPS) is 10.7. The molecule has 0 aliphatic heterocycles. The monoisotopic (exact) mass is 324 g/mol. The van der Waals surface area contributed by atoms with Crippen LogP contribution in [-0.4, -0.2) is 27.2 Å². The van der Waals surface area contributed by atoms with E-state index in [1.165, 1.54) is 0 Å². The number of H-pyrrole nitrogens is 1. The van der Waals surface area contributed by atoms with Crippen LogP contribution in [0.15, 0.2) is 17.5 Å². The van der Waals surface area contributed by atoms with Crippen LogP contribution in [0.25, 0.3) is 10.7 Å². The third kappa shape index (κ3) is 4.50. The molecule has 0 spiro atoms. The smallest absolute Gasteiger partial charge is 0.221 e. The molecule has 2 heterocycles. The van der Waals surface area contributed by atoms with Gasteiger partial charge in [0.25, 0.3) is 0 Å². The van der Waals surface area contributed by atoms with Gasteiger partial charge in [0.1, 0.15) is 0 Å². The quantitative estimate of drug-likeness (QED) is 0.578. The molecule has 0 unspecified atom stereocenters. The summed E-state index contributed by atoms with van der Waals surface area (Å²) in [6.07, 6.45) is 3.76. The Hall–Kier alpha value is -1.47. The van der Waals surface area contributed by atoms with Gasteiger partial charge in [-0.2, -0.15) is 5.10 Å². The van der Waals surface area contributed by atoms with Crippen molar-refractivity contribution in [1.29, 1.82) is 0 Å². The predicted octanol–water partition coefficient (Wildman–Crippen LogP) is 3.37. The van der Waals surface area contributed by atoms with Crippen molar-refractivity contribution in [3.05, 3.63) is 22.3 Å². The summed E-state index contributed by atoms with van der Waals surface area (Å²) < 4.78 is 2.43. The average Bonchev–Trinajstić information content (AvgIpc) is 3.11. The summed E-state index contributed by atoms with van der Waals surface area (Å²) in [4.78, 5) is 12.9. The first-order valence-electron chi connectivity index (χ1n) is 7.18. The predicted molar refractivity (Wildman–Crippen MR) is 87.9 cm³/mol. The van der Waals surface area contributed by atoms with Crippen LogP contribution in [0.1, 0.15) is 32.6 Å². The van der Waals surface area contributed by atoms with E-state index in [2.05, 4.69) is 22.4 Å². The zero-order chi connectivity index (χ0) is 15.1. The highest BCUT2D eigenvalue weighted by Gasteiger charge is 2.11. The van der Waals surface area contributed by atoms with Crippen LogP contribution in [0.4, 0.5) is 0 Å². The number of carbonyl (C=O) groups excluding carboxylic acids is 1. The Bertz CT molecular complexity index is 615. The van der Waals surface area contributed by atoms with Gasteiger partial charge in [0, 0.05) is 19.5 Å². The lowest BCUT2D eigenvalue weighted by Crippen LogP contribution is -2.25. The van der Waals surface area contributed by atoms with Gasteiger partial charge < -0.3 is 5.32 Å². The molecule has 0 bridgehead atoms. The third-order valence-electron chi connectivity index (χ3n) is 3.16. The van der Waals surface area contributed by atoms with E-state index in [0.29, 0.717) is 17.7 Å². The van der Waals surface area contributed by atoms with Gasteiger partial charge in [-0.25, -0.2) is 0 Å².